The van der Waals surface area contributed by atoms with Crippen molar-refractivity contribution in [3.8, 4) is 0 Å². The van der Waals surface area contributed by atoms with Crippen LogP contribution in [0.4, 0.5) is 0 Å². The average molecular weight is 341 g/mol. The highest BCUT2D eigenvalue weighted by atomic mass is 16.4. The number of aliphatic hydroxyl groups is 1. The highest BCUT2D eigenvalue weighted by molar-refractivity contribution is 5.89. The SMILES string of the molecule is C/C=C/Cc1nnc(C(=O)N2CCC(O)(Cc3ccccc3)CC2)o1. The van der Waals surface area contributed by atoms with Gasteiger partial charge in [-0.25, -0.2) is 0 Å². The first kappa shape index (κ1) is 17.4. The number of rotatable bonds is 5. The van der Waals surface area contributed by atoms with Crippen LogP contribution < -0.4 is 0 Å². The molecule has 1 saturated heterocycles. The van der Waals surface area contributed by atoms with E-state index in [0.717, 1.165) is 5.56 Å². The van der Waals surface area contributed by atoms with E-state index in [2.05, 4.69) is 10.2 Å². The molecular formula is C19H23N3O3. The van der Waals surface area contributed by atoms with Gasteiger partial charge in [0.2, 0.25) is 5.89 Å². The van der Waals surface area contributed by atoms with Gasteiger partial charge in [-0.05, 0) is 25.3 Å². The quantitative estimate of drug-likeness (QED) is 0.845. The second-order valence-electron chi connectivity index (χ2n) is 6.45. The predicted octanol–water partition coefficient (Wildman–Crippen LogP) is 2.40. The van der Waals surface area contributed by atoms with Crippen LogP contribution in [0.2, 0.25) is 0 Å². The molecule has 1 aromatic heterocycles. The second-order valence-corrected chi connectivity index (χ2v) is 6.45. The summed E-state index contributed by atoms with van der Waals surface area (Å²) < 4.78 is 5.42. The Labute approximate surface area is 147 Å². The molecule has 3 rings (SSSR count). The minimum Gasteiger partial charge on any atom is -0.417 e. The third-order valence-corrected chi connectivity index (χ3v) is 4.54. The molecule has 1 aliphatic heterocycles. The molecule has 0 radical (unpaired) electrons. The minimum absolute atomic E-state index is 0.0213. The fourth-order valence-corrected chi connectivity index (χ4v) is 3.06. The molecule has 25 heavy (non-hydrogen) atoms. The number of benzene rings is 1. The lowest BCUT2D eigenvalue weighted by molar-refractivity contribution is -0.0171. The molecule has 1 amide bonds. The van der Waals surface area contributed by atoms with Crippen LogP contribution in [-0.4, -0.2) is 44.8 Å². The molecule has 1 aliphatic rings. The Balaban J connectivity index is 1.58. The first-order valence-electron chi connectivity index (χ1n) is 8.59. The van der Waals surface area contributed by atoms with Crippen LogP contribution in [0.25, 0.3) is 0 Å². The van der Waals surface area contributed by atoms with Crippen molar-refractivity contribution in [2.45, 2.75) is 38.2 Å². The second kappa shape index (κ2) is 7.61. The summed E-state index contributed by atoms with van der Waals surface area (Å²) in [4.78, 5) is 14.2. The number of piperidine rings is 1. The molecule has 1 aromatic carbocycles. The van der Waals surface area contributed by atoms with E-state index in [4.69, 9.17) is 4.42 Å². The Bertz CT molecular complexity index is 731. The summed E-state index contributed by atoms with van der Waals surface area (Å²) in [5.41, 5.74) is 0.333. The number of nitrogens with zero attached hydrogens (tertiary/aromatic N) is 3. The fraction of sp³-hybridized carbons (Fsp3) is 0.421. The lowest BCUT2D eigenvalue weighted by Crippen LogP contribution is -2.47. The smallest absolute Gasteiger partial charge is 0.311 e. The van der Waals surface area contributed by atoms with Crippen LogP contribution in [0, 0.1) is 0 Å². The third kappa shape index (κ3) is 4.33. The maximum absolute atomic E-state index is 12.5. The molecule has 0 spiro atoms. The molecule has 0 atom stereocenters. The van der Waals surface area contributed by atoms with Crippen LogP contribution in [0.3, 0.4) is 0 Å². The first-order chi connectivity index (χ1) is 12.1. The predicted molar refractivity (Wildman–Crippen MR) is 93.0 cm³/mol. The molecule has 1 fully saturated rings. The van der Waals surface area contributed by atoms with E-state index in [-0.39, 0.29) is 11.8 Å². The minimum atomic E-state index is -0.774. The van der Waals surface area contributed by atoms with E-state index in [9.17, 15) is 9.90 Å². The van der Waals surface area contributed by atoms with Crippen molar-refractivity contribution in [3.05, 3.63) is 59.8 Å². The topological polar surface area (TPSA) is 79.5 Å². The Morgan fingerprint density at radius 3 is 2.68 bits per heavy atom. The van der Waals surface area contributed by atoms with Crippen LogP contribution >= 0.6 is 0 Å². The molecule has 2 aromatic rings. The van der Waals surface area contributed by atoms with Gasteiger partial charge >= 0.3 is 11.8 Å². The number of hydrogen-bond acceptors (Lipinski definition) is 5. The number of carbonyl (C=O) groups is 1. The molecule has 0 bridgehead atoms. The normalized spacial score (nSPS) is 17.1. The maximum atomic E-state index is 12.5. The zero-order valence-corrected chi connectivity index (χ0v) is 14.4. The van der Waals surface area contributed by atoms with Crippen LogP contribution in [0.5, 0.6) is 0 Å². The van der Waals surface area contributed by atoms with Gasteiger partial charge in [-0.3, -0.25) is 4.79 Å². The molecular weight excluding hydrogens is 318 g/mol. The number of allylic oxidation sites excluding steroid dienone is 2. The van der Waals surface area contributed by atoms with Crippen LogP contribution in [0.15, 0.2) is 46.9 Å². The van der Waals surface area contributed by atoms with E-state index in [1.165, 1.54) is 0 Å². The van der Waals surface area contributed by atoms with Gasteiger partial charge in [-0.2, -0.15) is 0 Å². The van der Waals surface area contributed by atoms with Gasteiger partial charge < -0.3 is 14.4 Å². The first-order valence-corrected chi connectivity index (χ1v) is 8.59. The molecule has 0 saturated carbocycles. The number of likely N-dealkylation sites (tertiary alicyclic amines) is 1. The van der Waals surface area contributed by atoms with Gasteiger partial charge in [0.1, 0.15) is 0 Å². The summed E-state index contributed by atoms with van der Waals surface area (Å²) in [6, 6.07) is 9.93. The maximum Gasteiger partial charge on any atom is 0.311 e. The summed E-state index contributed by atoms with van der Waals surface area (Å²) in [5.74, 6) is 0.188. The van der Waals surface area contributed by atoms with E-state index < -0.39 is 5.60 Å². The zero-order valence-electron chi connectivity index (χ0n) is 14.4. The van der Waals surface area contributed by atoms with Crippen molar-refractivity contribution in [2.24, 2.45) is 0 Å². The van der Waals surface area contributed by atoms with Gasteiger partial charge in [-0.1, -0.05) is 42.5 Å². The average Bonchev–Trinajstić information content (AvgIpc) is 3.09. The highest BCUT2D eigenvalue weighted by Gasteiger charge is 2.35. The number of hydrogen-bond donors (Lipinski definition) is 1. The number of amides is 1. The summed E-state index contributed by atoms with van der Waals surface area (Å²) in [6.07, 6.45) is 5.98. The van der Waals surface area contributed by atoms with Crippen LogP contribution in [-0.2, 0) is 12.8 Å². The van der Waals surface area contributed by atoms with Crippen molar-refractivity contribution in [3.63, 3.8) is 0 Å². The molecule has 6 nitrogen and oxygen atoms in total. The van der Waals surface area contributed by atoms with Crippen molar-refractivity contribution in [1.29, 1.82) is 0 Å². The Kier molecular flexibility index (Phi) is 5.28. The molecule has 132 valence electrons. The van der Waals surface area contributed by atoms with E-state index >= 15 is 0 Å². The highest BCUT2D eigenvalue weighted by Crippen LogP contribution is 2.27. The largest absolute Gasteiger partial charge is 0.417 e. The molecule has 1 N–H and O–H groups in total. The zero-order chi connectivity index (χ0) is 17.7. The van der Waals surface area contributed by atoms with Gasteiger partial charge in [0, 0.05) is 25.9 Å². The Morgan fingerprint density at radius 1 is 1.28 bits per heavy atom. The number of carbonyl (C=O) groups excluding carboxylic acids is 1. The van der Waals surface area contributed by atoms with Gasteiger partial charge in [0.25, 0.3) is 0 Å². The lowest BCUT2D eigenvalue weighted by Gasteiger charge is -2.37. The fourth-order valence-electron chi connectivity index (χ4n) is 3.06. The standard InChI is InChI=1S/C19H23N3O3/c1-2-3-9-16-20-21-17(25-16)18(23)22-12-10-19(24,11-13-22)14-15-7-5-4-6-8-15/h2-8,24H,9-14H2,1H3/b3-2+. The van der Waals surface area contributed by atoms with Gasteiger partial charge in [0.05, 0.1) is 5.60 Å². The van der Waals surface area contributed by atoms with Crippen molar-refractivity contribution >= 4 is 5.91 Å². The van der Waals surface area contributed by atoms with Gasteiger partial charge in [-0.15, -0.1) is 10.2 Å². The van der Waals surface area contributed by atoms with E-state index in [0.29, 0.717) is 44.7 Å². The summed E-state index contributed by atoms with van der Waals surface area (Å²) in [5, 5.41) is 18.5. The van der Waals surface area contributed by atoms with E-state index in [1.54, 1.807) is 4.90 Å². The summed E-state index contributed by atoms with van der Waals surface area (Å²) in [7, 11) is 0. The Hall–Kier alpha value is -2.47. The number of aromatic nitrogens is 2. The molecule has 0 unspecified atom stereocenters. The molecule has 0 aliphatic carbocycles. The lowest BCUT2D eigenvalue weighted by atomic mass is 9.85. The van der Waals surface area contributed by atoms with Crippen molar-refractivity contribution in [1.82, 2.24) is 15.1 Å². The molecule has 2 heterocycles. The third-order valence-electron chi connectivity index (χ3n) is 4.54. The molecule has 6 heteroatoms. The Morgan fingerprint density at radius 2 is 2.00 bits per heavy atom. The van der Waals surface area contributed by atoms with Crippen LogP contribution in [0.1, 0.15) is 41.9 Å². The monoisotopic (exact) mass is 341 g/mol. The van der Waals surface area contributed by atoms with Gasteiger partial charge in [0.15, 0.2) is 0 Å². The van der Waals surface area contributed by atoms with Crippen molar-refractivity contribution in [2.75, 3.05) is 13.1 Å². The summed E-state index contributed by atoms with van der Waals surface area (Å²) in [6.45, 7) is 2.87. The van der Waals surface area contributed by atoms with E-state index in [1.807, 2.05) is 49.4 Å². The van der Waals surface area contributed by atoms with Crippen molar-refractivity contribution < 1.29 is 14.3 Å². The summed E-state index contributed by atoms with van der Waals surface area (Å²) >= 11 is 0.